The molecule has 1 aromatic carbocycles. The lowest BCUT2D eigenvalue weighted by molar-refractivity contribution is 0.484. The maximum Gasteiger partial charge on any atom is 0.244 e. The fraction of sp³-hybridized carbons (Fsp3) is 0.471. The SMILES string of the molecule is Cc1nn([C@H]2CCS(=O)(=O)C2)c(C)c1S(=O)(=O)N[C@H](C)c1ccccc1. The zero-order valence-electron chi connectivity index (χ0n) is 15.0. The predicted octanol–water partition coefficient (Wildman–Crippen LogP) is 1.90. The molecule has 0 spiro atoms. The van der Waals surface area contributed by atoms with Crippen molar-refractivity contribution in [3.05, 3.63) is 47.3 Å². The van der Waals surface area contributed by atoms with Gasteiger partial charge >= 0.3 is 0 Å². The van der Waals surface area contributed by atoms with E-state index in [4.69, 9.17) is 0 Å². The molecule has 7 nitrogen and oxygen atoms in total. The van der Waals surface area contributed by atoms with Crippen LogP contribution in [0.1, 0.15) is 42.4 Å². The minimum atomic E-state index is -3.79. The maximum atomic E-state index is 12.9. The van der Waals surface area contributed by atoms with Crippen molar-refractivity contribution in [2.75, 3.05) is 11.5 Å². The Bertz CT molecular complexity index is 1010. The molecule has 0 saturated carbocycles. The lowest BCUT2D eigenvalue weighted by Gasteiger charge is -2.15. The molecule has 1 fully saturated rings. The predicted molar refractivity (Wildman–Crippen MR) is 99.2 cm³/mol. The molecule has 0 unspecified atom stereocenters. The van der Waals surface area contributed by atoms with Gasteiger partial charge in [-0.3, -0.25) is 4.68 Å². The smallest absolute Gasteiger partial charge is 0.244 e. The van der Waals surface area contributed by atoms with Crippen LogP contribution in [0, 0.1) is 13.8 Å². The van der Waals surface area contributed by atoms with Gasteiger partial charge in [-0.15, -0.1) is 0 Å². The summed E-state index contributed by atoms with van der Waals surface area (Å²) >= 11 is 0. The van der Waals surface area contributed by atoms with Gasteiger partial charge in [0, 0.05) is 6.04 Å². The van der Waals surface area contributed by atoms with Crippen molar-refractivity contribution < 1.29 is 16.8 Å². The van der Waals surface area contributed by atoms with Crippen molar-refractivity contribution >= 4 is 19.9 Å². The number of aromatic nitrogens is 2. The molecule has 3 rings (SSSR count). The second-order valence-corrected chi connectivity index (χ2v) is 10.6. The Morgan fingerprint density at radius 3 is 2.46 bits per heavy atom. The van der Waals surface area contributed by atoms with Crippen LogP contribution >= 0.6 is 0 Å². The number of hydrogen-bond acceptors (Lipinski definition) is 5. The van der Waals surface area contributed by atoms with Crippen molar-refractivity contribution in [1.82, 2.24) is 14.5 Å². The summed E-state index contributed by atoms with van der Waals surface area (Å²) in [5, 5.41) is 4.34. The topological polar surface area (TPSA) is 98.1 Å². The van der Waals surface area contributed by atoms with Crippen LogP contribution in [0.25, 0.3) is 0 Å². The molecule has 2 heterocycles. The number of rotatable bonds is 5. The van der Waals surface area contributed by atoms with Gasteiger partial charge in [0.2, 0.25) is 10.0 Å². The van der Waals surface area contributed by atoms with Gasteiger partial charge < -0.3 is 0 Å². The average Bonchev–Trinajstić information content (AvgIpc) is 3.06. The van der Waals surface area contributed by atoms with Gasteiger partial charge in [0.05, 0.1) is 28.9 Å². The van der Waals surface area contributed by atoms with Crippen molar-refractivity contribution in [3.8, 4) is 0 Å². The van der Waals surface area contributed by atoms with Crippen molar-refractivity contribution in [2.45, 2.75) is 44.2 Å². The third-order valence-corrected chi connectivity index (χ3v) is 8.26. The summed E-state index contributed by atoms with van der Waals surface area (Å²) in [7, 11) is -6.87. The molecule has 9 heteroatoms. The maximum absolute atomic E-state index is 12.9. The number of sulfonamides is 1. The molecule has 1 aliphatic heterocycles. The summed E-state index contributed by atoms with van der Waals surface area (Å²) in [5.74, 6) is 0.115. The first-order valence-corrected chi connectivity index (χ1v) is 11.7. The van der Waals surface area contributed by atoms with Crippen LogP contribution in [-0.2, 0) is 19.9 Å². The standard InChI is InChI=1S/C17H23N3O4S2/c1-12(15-7-5-4-6-8-15)19-26(23,24)17-13(2)18-20(14(17)3)16-9-10-25(21,22)11-16/h4-8,12,16,19H,9-11H2,1-3H3/t12-,16+/m1/s1. The first-order valence-electron chi connectivity index (χ1n) is 8.44. The summed E-state index contributed by atoms with van der Waals surface area (Å²) in [5.41, 5.74) is 1.71. The largest absolute Gasteiger partial charge is 0.264 e. The molecule has 1 N–H and O–H groups in total. The summed E-state index contributed by atoms with van der Waals surface area (Å²) in [4.78, 5) is 0.129. The van der Waals surface area contributed by atoms with Gasteiger partial charge in [-0.25, -0.2) is 21.6 Å². The zero-order valence-corrected chi connectivity index (χ0v) is 16.6. The number of benzene rings is 1. The lowest BCUT2D eigenvalue weighted by atomic mass is 10.1. The average molecular weight is 398 g/mol. The number of nitrogens with one attached hydrogen (secondary N) is 1. The first kappa shape index (κ1) is 19.1. The van der Waals surface area contributed by atoms with E-state index < -0.39 is 25.9 Å². The molecule has 0 bridgehead atoms. The summed E-state index contributed by atoms with van der Waals surface area (Å²) < 4.78 is 53.6. The quantitative estimate of drug-likeness (QED) is 0.831. The third-order valence-electron chi connectivity index (χ3n) is 4.71. The Hall–Kier alpha value is -1.71. The van der Waals surface area contributed by atoms with Gasteiger partial charge in [-0.1, -0.05) is 30.3 Å². The number of aryl methyl sites for hydroxylation is 1. The van der Waals surface area contributed by atoms with E-state index in [2.05, 4.69) is 9.82 Å². The number of sulfone groups is 1. The van der Waals surface area contributed by atoms with Crippen LogP contribution in [0.4, 0.5) is 0 Å². The normalized spacial score (nSPS) is 21.0. The van der Waals surface area contributed by atoms with E-state index >= 15 is 0 Å². The molecule has 1 aromatic heterocycles. The highest BCUT2D eigenvalue weighted by Gasteiger charge is 2.34. The van der Waals surface area contributed by atoms with E-state index in [0.29, 0.717) is 17.8 Å². The summed E-state index contributed by atoms with van der Waals surface area (Å²) in [6.45, 7) is 5.09. The van der Waals surface area contributed by atoms with Crippen LogP contribution < -0.4 is 4.72 Å². The van der Waals surface area contributed by atoms with Gasteiger partial charge in [0.15, 0.2) is 9.84 Å². The third kappa shape index (κ3) is 3.70. The minimum absolute atomic E-state index is 0.00228. The highest BCUT2D eigenvalue weighted by molar-refractivity contribution is 7.91. The van der Waals surface area contributed by atoms with Gasteiger partial charge in [0.1, 0.15) is 4.90 Å². The highest BCUT2D eigenvalue weighted by atomic mass is 32.2. The van der Waals surface area contributed by atoms with Crippen LogP contribution in [0.3, 0.4) is 0 Å². The summed E-state index contributed by atoms with van der Waals surface area (Å²) in [6, 6.07) is 8.60. The second kappa shape index (κ2) is 6.79. The van der Waals surface area contributed by atoms with E-state index in [1.165, 1.54) is 0 Å². The Morgan fingerprint density at radius 2 is 1.88 bits per heavy atom. The van der Waals surface area contributed by atoms with Crippen LogP contribution in [0.15, 0.2) is 35.2 Å². The van der Waals surface area contributed by atoms with Gasteiger partial charge in [-0.05, 0) is 32.8 Å². The van der Waals surface area contributed by atoms with Crippen molar-refractivity contribution in [3.63, 3.8) is 0 Å². The van der Waals surface area contributed by atoms with Crippen molar-refractivity contribution in [1.29, 1.82) is 0 Å². The molecule has 1 saturated heterocycles. The van der Waals surface area contributed by atoms with Gasteiger partial charge in [0.25, 0.3) is 0 Å². The Labute approximate surface area is 154 Å². The molecule has 142 valence electrons. The lowest BCUT2D eigenvalue weighted by Crippen LogP contribution is -2.28. The van der Waals surface area contributed by atoms with Crippen LogP contribution in [0.5, 0.6) is 0 Å². The van der Waals surface area contributed by atoms with Crippen LogP contribution in [0.2, 0.25) is 0 Å². The van der Waals surface area contributed by atoms with E-state index in [1.54, 1.807) is 25.5 Å². The molecular formula is C17H23N3O4S2. The Morgan fingerprint density at radius 1 is 1.23 bits per heavy atom. The molecule has 0 aliphatic carbocycles. The van der Waals surface area contributed by atoms with E-state index in [0.717, 1.165) is 5.56 Å². The molecule has 1 aliphatic rings. The molecule has 2 atom stereocenters. The minimum Gasteiger partial charge on any atom is -0.264 e. The summed E-state index contributed by atoms with van der Waals surface area (Å²) in [6.07, 6.45) is 0.456. The number of nitrogens with zero attached hydrogens (tertiary/aromatic N) is 2. The Balaban J connectivity index is 1.91. The molecule has 26 heavy (non-hydrogen) atoms. The Kier molecular flexibility index (Phi) is 4.98. The molecular weight excluding hydrogens is 374 g/mol. The highest BCUT2D eigenvalue weighted by Crippen LogP contribution is 2.29. The van der Waals surface area contributed by atoms with E-state index in [1.807, 2.05) is 30.3 Å². The molecule has 0 amide bonds. The van der Waals surface area contributed by atoms with E-state index in [-0.39, 0.29) is 22.4 Å². The monoisotopic (exact) mass is 397 g/mol. The second-order valence-electron chi connectivity index (χ2n) is 6.76. The fourth-order valence-electron chi connectivity index (χ4n) is 3.46. The van der Waals surface area contributed by atoms with Gasteiger partial charge in [-0.2, -0.15) is 5.10 Å². The van der Waals surface area contributed by atoms with E-state index in [9.17, 15) is 16.8 Å². The molecule has 0 radical (unpaired) electrons. The van der Waals surface area contributed by atoms with Crippen molar-refractivity contribution in [2.24, 2.45) is 0 Å². The van der Waals surface area contributed by atoms with Crippen LogP contribution in [-0.4, -0.2) is 38.1 Å². The zero-order chi connectivity index (χ0) is 19.1. The molecule has 2 aromatic rings. The first-order chi connectivity index (χ1) is 12.1. The fourth-order valence-corrected chi connectivity index (χ4v) is 6.79. The number of hydrogen-bond donors (Lipinski definition) is 1.